The predicted molar refractivity (Wildman–Crippen MR) is 381 cm³/mol. The zero-order valence-electron chi connectivity index (χ0n) is 51.5. The highest BCUT2D eigenvalue weighted by molar-refractivity contribution is 6.17. The van der Waals surface area contributed by atoms with Gasteiger partial charge in [-0.1, -0.05) is 258 Å². The molecule has 0 saturated carbocycles. The van der Waals surface area contributed by atoms with Gasteiger partial charge in [-0.05, 0) is 202 Å². The molecule has 2 heteroatoms. The van der Waals surface area contributed by atoms with Crippen LogP contribution in [-0.4, -0.2) is 0 Å². The van der Waals surface area contributed by atoms with Crippen LogP contribution >= 0.6 is 0 Å². The van der Waals surface area contributed by atoms with Crippen molar-refractivity contribution in [3.8, 4) is 33.4 Å². The van der Waals surface area contributed by atoms with Gasteiger partial charge in [0.25, 0.3) is 0 Å². The molecular weight excluding hydrogens is 1080 g/mol. The number of para-hydroxylation sites is 2. The van der Waals surface area contributed by atoms with Crippen molar-refractivity contribution in [2.75, 3.05) is 9.80 Å². The second-order valence-corrected chi connectivity index (χ2v) is 26.6. The van der Waals surface area contributed by atoms with E-state index in [-0.39, 0.29) is 28.6 Å². The molecule has 5 aliphatic rings. The molecule has 90 heavy (non-hydrogen) atoms. The molecule has 0 heterocycles. The fourth-order valence-electron chi connectivity index (χ4n) is 16.2. The molecule has 0 radical (unpaired) electrons. The van der Waals surface area contributed by atoms with Crippen molar-refractivity contribution < 1.29 is 0 Å². The molecule has 432 valence electrons. The van der Waals surface area contributed by atoms with Crippen molar-refractivity contribution in [1.82, 2.24) is 0 Å². The van der Waals surface area contributed by atoms with Crippen LogP contribution in [0.1, 0.15) is 108 Å². The van der Waals surface area contributed by atoms with E-state index in [0.29, 0.717) is 0 Å². The number of hydrogen-bond acceptors (Lipinski definition) is 2. The summed E-state index contributed by atoms with van der Waals surface area (Å²) in [5.41, 5.74) is 27.2. The minimum absolute atomic E-state index is 0.0483. The summed E-state index contributed by atoms with van der Waals surface area (Å²) in [6.45, 7) is 9.53. The molecule has 0 fully saturated rings. The molecule has 0 amide bonds. The predicted octanol–water partition coefficient (Wildman–Crippen LogP) is 23.3. The van der Waals surface area contributed by atoms with Crippen molar-refractivity contribution in [3.63, 3.8) is 0 Å². The first-order valence-electron chi connectivity index (χ1n) is 32.4. The van der Waals surface area contributed by atoms with Gasteiger partial charge in [0.15, 0.2) is 0 Å². The lowest BCUT2D eigenvalue weighted by Crippen LogP contribution is -2.18. The molecule has 5 aliphatic carbocycles. The highest BCUT2D eigenvalue weighted by Crippen LogP contribution is 2.53. The summed E-state index contributed by atoms with van der Waals surface area (Å²) >= 11 is 0. The van der Waals surface area contributed by atoms with Crippen LogP contribution in [0, 0.1) is 0 Å². The number of allylic oxidation sites excluding steroid dienone is 7. The maximum atomic E-state index is 2.52. The molecule has 0 saturated heterocycles. The minimum atomic E-state index is -0.0488. The maximum absolute atomic E-state index is 2.52. The zero-order chi connectivity index (χ0) is 60.2. The van der Waals surface area contributed by atoms with Gasteiger partial charge in [0.2, 0.25) is 0 Å². The van der Waals surface area contributed by atoms with Crippen molar-refractivity contribution in [2.45, 2.75) is 75.5 Å². The Balaban J connectivity index is 0.812. The Morgan fingerprint density at radius 3 is 1.43 bits per heavy atom. The average molecular weight is 1160 g/mol. The van der Waals surface area contributed by atoms with Crippen LogP contribution in [0.3, 0.4) is 0 Å². The Labute approximate surface area is 529 Å². The molecule has 3 unspecified atom stereocenters. The minimum Gasteiger partial charge on any atom is -0.311 e. The Hall–Kier alpha value is -10.3. The summed E-state index contributed by atoms with van der Waals surface area (Å²) in [4.78, 5) is 4.98. The lowest BCUT2D eigenvalue weighted by Gasteiger charge is -2.31. The van der Waals surface area contributed by atoms with E-state index >= 15 is 0 Å². The molecule has 0 N–H and O–H groups in total. The normalized spacial score (nSPS) is 17.9. The molecule has 17 rings (SSSR count). The van der Waals surface area contributed by atoms with Gasteiger partial charge < -0.3 is 9.80 Å². The van der Waals surface area contributed by atoms with E-state index in [4.69, 9.17) is 0 Å². The average Bonchev–Trinajstić information content (AvgIpc) is 1.37. The van der Waals surface area contributed by atoms with Gasteiger partial charge in [0.05, 0.1) is 0 Å². The second kappa shape index (κ2) is 21.2. The number of hydrogen-bond donors (Lipinski definition) is 0. The molecule has 0 bridgehead atoms. The lowest BCUT2D eigenvalue weighted by molar-refractivity contribution is 0.657. The summed E-state index contributed by atoms with van der Waals surface area (Å²) in [6, 6.07) is 94.0. The largest absolute Gasteiger partial charge is 0.311 e. The van der Waals surface area contributed by atoms with Crippen LogP contribution in [0.2, 0.25) is 0 Å². The van der Waals surface area contributed by atoms with Crippen LogP contribution < -0.4 is 9.80 Å². The summed E-state index contributed by atoms with van der Waals surface area (Å²) in [6.07, 6.45) is 22.2. The third kappa shape index (κ3) is 8.82. The van der Waals surface area contributed by atoms with Crippen LogP contribution in [0.5, 0.6) is 0 Å². The van der Waals surface area contributed by atoms with E-state index in [2.05, 4.69) is 335 Å². The zero-order valence-corrected chi connectivity index (χ0v) is 51.5. The topological polar surface area (TPSA) is 6.48 Å². The lowest BCUT2D eigenvalue weighted by atomic mass is 9.78. The van der Waals surface area contributed by atoms with Crippen LogP contribution in [0.25, 0.3) is 71.8 Å². The first-order chi connectivity index (χ1) is 44.1. The Kier molecular flexibility index (Phi) is 12.7. The molecular formula is C88H70N2. The van der Waals surface area contributed by atoms with E-state index in [0.717, 1.165) is 42.0 Å². The van der Waals surface area contributed by atoms with E-state index in [9.17, 15) is 0 Å². The molecule has 12 aromatic rings. The third-order valence-electron chi connectivity index (χ3n) is 20.8. The van der Waals surface area contributed by atoms with E-state index in [1.54, 1.807) is 0 Å². The maximum Gasteiger partial charge on any atom is 0.0468 e. The fraction of sp³-hybridized carbons (Fsp3) is 0.136. The smallest absolute Gasteiger partial charge is 0.0468 e. The monoisotopic (exact) mass is 1150 g/mol. The van der Waals surface area contributed by atoms with Crippen molar-refractivity contribution >= 4 is 61.1 Å². The fourth-order valence-corrected chi connectivity index (χ4v) is 16.2. The van der Waals surface area contributed by atoms with Gasteiger partial charge in [-0.2, -0.15) is 0 Å². The van der Waals surface area contributed by atoms with Crippen LogP contribution in [-0.2, 0) is 17.3 Å². The molecule has 0 aromatic heterocycles. The van der Waals surface area contributed by atoms with Gasteiger partial charge in [0.1, 0.15) is 0 Å². The van der Waals surface area contributed by atoms with Gasteiger partial charge in [-0.3, -0.25) is 0 Å². The highest BCUT2D eigenvalue weighted by atomic mass is 15.2. The standard InChI is InChI=1S/C88H70N2/c1-87(2)81-29-17-15-27-73(81)75-47-39-63(53-83(75)87)59-35-41-69(42-36-59)89(67-23-7-5-8-24-67)71-45-49-77-79(55-71)85(65-33-31-57-19-11-13-21-61(57)51-65)78-50-46-72(56-80(78)86(77)66-34-32-58-20-12-14-22-62(58)52-66)90(68-25-9-6-10-26-68)70-43-37-60(38-44-70)64-40-48-76-74-28-16-18-30-82(74)88(3,4)84(76)54-64/h5-35,37,39-51,53-56,59-60,66H,36,38,52H2,1-4H3. The summed E-state index contributed by atoms with van der Waals surface area (Å²) in [7, 11) is 0. The summed E-state index contributed by atoms with van der Waals surface area (Å²) in [5, 5.41) is 7.50. The Morgan fingerprint density at radius 2 is 0.844 bits per heavy atom. The van der Waals surface area contributed by atoms with Gasteiger partial charge in [-0.15, -0.1) is 0 Å². The van der Waals surface area contributed by atoms with Crippen molar-refractivity contribution in [1.29, 1.82) is 0 Å². The summed E-state index contributed by atoms with van der Waals surface area (Å²) in [5.74, 6) is 0.650. The molecule has 2 nitrogen and oxygen atoms in total. The SMILES string of the molecule is CC1(C)c2ccccc2-c2ccc(C3C=CC(N(c4ccccc4)c4ccc5c(C6C=Cc7ccccc7C6)c6cc(N(C7=CCC(c8ccc9c(c8)C(C)(C)c8ccccc8-9)C=C7)c7ccccc7)ccc6c(-c6ccc7ccccc7c6)c5c4)=CC3)cc21. The van der Waals surface area contributed by atoms with Gasteiger partial charge >= 0.3 is 0 Å². The van der Waals surface area contributed by atoms with Gasteiger partial charge in [0, 0.05) is 62.7 Å². The highest BCUT2D eigenvalue weighted by Gasteiger charge is 2.38. The first-order valence-corrected chi connectivity index (χ1v) is 32.4. The first kappa shape index (κ1) is 53.9. The number of benzene rings is 12. The van der Waals surface area contributed by atoms with Crippen LogP contribution in [0.15, 0.2) is 303 Å². The van der Waals surface area contributed by atoms with Gasteiger partial charge in [-0.25, -0.2) is 0 Å². The molecule has 12 aromatic carbocycles. The Bertz CT molecular complexity index is 5070. The quantitative estimate of drug-likeness (QED) is 0.126. The Morgan fingerprint density at radius 1 is 0.344 bits per heavy atom. The molecule has 3 atom stereocenters. The third-order valence-corrected chi connectivity index (χ3v) is 20.8. The number of fused-ring (bicyclic) bond motifs is 10. The second-order valence-electron chi connectivity index (χ2n) is 26.6. The number of anilines is 4. The van der Waals surface area contributed by atoms with E-state index in [1.165, 1.54) is 127 Å². The molecule has 0 spiro atoms. The number of rotatable bonds is 10. The van der Waals surface area contributed by atoms with E-state index < -0.39 is 0 Å². The molecule has 0 aliphatic heterocycles. The van der Waals surface area contributed by atoms with Crippen molar-refractivity contribution in [2.24, 2.45) is 0 Å². The van der Waals surface area contributed by atoms with Crippen molar-refractivity contribution in [3.05, 3.63) is 353 Å². The van der Waals surface area contributed by atoms with E-state index in [1.807, 2.05) is 0 Å². The number of nitrogens with zero attached hydrogens (tertiary/aromatic N) is 2. The summed E-state index contributed by atoms with van der Waals surface area (Å²) < 4.78 is 0. The van der Waals surface area contributed by atoms with Crippen LogP contribution in [0.4, 0.5) is 22.7 Å².